The molecule has 2 heterocycles. The van der Waals surface area contributed by atoms with Crippen LogP contribution in [0.3, 0.4) is 0 Å². The number of amides is 1. The summed E-state index contributed by atoms with van der Waals surface area (Å²) >= 11 is 0. The summed E-state index contributed by atoms with van der Waals surface area (Å²) in [5, 5.41) is 54.1. The summed E-state index contributed by atoms with van der Waals surface area (Å²) in [4.78, 5) is 25.9. The number of aliphatic hydroxyl groups excluding tert-OH is 4. The van der Waals surface area contributed by atoms with Crippen LogP contribution in [0.1, 0.15) is 51.0 Å². The average Bonchev–Trinajstić information content (AvgIpc) is 3.10. The molecule has 1 aliphatic heterocycles. The molecule has 268 valence electrons. The number of aryl methyl sites for hydroxylation is 1. The number of carbonyl (C=O) groups is 1. The quantitative estimate of drug-likeness (QED) is 0.0953. The van der Waals surface area contributed by atoms with Gasteiger partial charge in [-0.15, -0.1) is 0 Å². The summed E-state index contributed by atoms with van der Waals surface area (Å²) < 4.78 is 29.2. The number of hydrogen-bond acceptors (Lipinski definition) is 12. The van der Waals surface area contributed by atoms with Crippen molar-refractivity contribution >= 4 is 28.6 Å². The number of fused-ring (bicyclic) bond motifs is 1. The van der Waals surface area contributed by atoms with E-state index in [1.807, 2.05) is 0 Å². The van der Waals surface area contributed by atoms with Gasteiger partial charge in [-0.25, -0.2) is 0 Å². The van der Waals surface area contributed by atoms with Gasteiger partial charge >= 0.3 is 0 Å². The monoisotopic (exact) mass is 686 g/mol. The van der Waals surface area contributed by atoms with Crippen LogP contribution < -0.4 is 29.8 Å². The Kier molecular flexibility index (Phi) is 13.3. The second-order valence-electron chi connectivity index (χ2n) is 11.8. The van der Waals surface area contributed by atoms with Gasteiger partial charge in [0.15, 0.2) is 17.2 Å². The van der Waals surface area contributed by atoms with E-state index < -0.39 is 48.8 Å². The minimum Gasteiger partial charge on any atom is -0.504 e. The molecule has 3 aromatic rings. The SMILES string of the molecule is CCCCCCCCOc1c(O)c2ccc(NC(=O)/C=C/c3cc(OC)c(O[C@H]4O[C@H](CO)[C@@H](O)[C@H](O)[C@@H]4O)c(OC)c3)cc2n(C)c1=O. The van der Waals surface area contributed by atoms with Crippen LogP contribution in [0.4, 0.5) is 5.69 Å². The molecule has 1 fully saturated rings. The maximum absolute atomic E-state index is 13.0. The number of nitrogens with one attached hydrogen (secondary N) is 1. The highest BCUT2D eigenvalue weighted by Gasteiger charge is 2.45. The molecule has 1 saturated heterocycles. The zero-order valence-corrected chi connectivity index (χ0v) is 28.1. The Labute approximate surface area is 284 Å². The lowest BCUT2D eigenvalue weighted by Gasteiger charge is -2.39. The molecule has 49 heavy (non-hydrogen) atoms. The standard InChI is InChI=1S/C35H46N2O12/c1-5-6-7-8-9-10-15-47-33-28(40)22-13-12-21(18-23(22)37(2)34(33)44)36-27(39)14-11-20-16-24(45-3)32(25(17-20)46-4)49-35-31(43)30(42)29(41)26(19-38)48-35/h11-14,16-18,26,29-31,35,38,40-43H,5-10,15,19H2,1-4H3,(H,36,39)/b14-11+/t26-,29-,30+,31+,35-/m1/s1. The van der Waals surface area contributed by atoms with Crippen molar-refractivity contribution in [3.63, 3.8) is 0 Å². The summed E-state index contributed by atoms with van der Waals surface area (Å²) in [5.74, 6) is -0.546. The third kappa shape index (κ3) is 8.83. The van der Waals surface area contributed by atoms with Gasteiger partial charge in [0.05, 0.1) is 33.0 Å². The maximum Gasteiger partial charge on any atom is 0.297 e. The molecule has 5 atom stereocenters. The van der Waals surface area contributed by atoms with Crippen molar-refractivity contribution in [3.8, 4) is 28.7 Å². The van der Waals surface area contributed by atoms with Gasteiger partial charge in [-0.3, -0.25) is 9.59 Å². The zero-order valence-electron chi connectivity index (χ0n) is 28.1. The van der Waals surface area contributed by atoms with E-state index in [2.05, 4.69) is 12.2 Å². The highest BCUT2D eigenvalue weighted by molar-refractivity contribution is 6.03. The van der Waals surface area contributed by atoms with Gasteiger partial charge in [0, 0.05) is 24.2 Å². The van der Waals surface area contributed by atoms with Gasteiger partial charge in [-0.1, -0.05) is 39.0 Å². The first-order valence-electron chi connectivity index (χ1n) is 16.2. The molecule has 0 spiro atoms. The summed E-state index contributed by atoms with van der Waals surface area (Å²) in [6.45, 7) is 1.86. The minimum atomic E-state index is -1.65. The van der Waals surface area contributed by atoms with Crippen molar-refractivity contribution in [1.29, 1.82) is 0 Å². The second kappa shape index (κ2) is 17.4. The molecule has 0 radical (unpaired) electrons. The molecule has 0 aliphatic carbocycles. The van der Waals surface area contributed by atoms with Crippen LogP contribution in [0.15, 0.2) is 41.2 Å². The average molecular weight is 687 g/mol. The fourth-order valence-corrected chi connectivity index (χ4v) is 5.51. The molecule has 6 N–H and O–H groups in total. The topological polar surface area (TPSA) is 198 Å². The summed E-state index contributed by atoms with van der Waals surface area (Å²) in [6.07, 6.45) is 1.65. The summed E-state index contributed by atoms with van der Waals surface area (Å²) in [6, 6.07) is 7.85. The first kappa shape index (κ1) is 37.5. The number of anilines is 1. The van der Waals surface area contributed by atoms with Crippen LogP contribution in [0, 0.1) is 0 Å². The van der Waals surface area contributed by atoms with E-state index in [4.69, 9.17) is 23.7 Å². The number of unbranched alkanes of at least 4 members (excludes halogenated alkanes) is 5. The van der Waals surface area contributed by atoms with E-state index in [1.165, 1.54) is 49.5 Å². The van der Waals surface area contributed by atoms with Gasteiger partial charge in [-0.05, 0) is 48.4 Å². The lowest BCUT2D eigenvalue weighted by Crippen LogP contribution is -2.60. The molecular formula is C35H46N2O12. The van der Waals surface area contributed by atoms with Crippen LogP contribution in [0.2, 0.25) is 0 Å². The van der Waals surface area contributed by atoms with Crippen molar-refractivity contribution < 1.29 is 54.0 Å². The molecule has 0 bridgehead atoms. The largest absolute Gasteiger partial charge is 0.504 e. The van der Waals surface area contributed by atoms with Gasteiger partial charge in [0.2, 0.25) is 23.7 Å². The van der Waals surface area contributed by atoms with E-state index in [0.717, 1.165) is 32.1 Å². The third-order valence-corrected chi connectivity index (χ3v) is 8.33. The van der Waals surface area contributed by atoms with E-state index in [0.29, 0.717) is 28.8 Å². The number of pyridine rings is 1. The second-order valence-corrected chi connectivity index (χ2v) is 11.8. The van der Waals surface area contributed by atoms with Crippen LogP contribution >= 0.6 is 0 Å². The lowest BCUT2D eigenvalue weighted by molar-refractivity contribution is -0.277. The van der Waals surface area contributed by atoms with E-state index >= 15 is 0 Å². The number of nitrogens with zero attached hydrogens (tertiary/aromatic N) is 1. The molecule has 1 aromatic heterocycles. The molecule has 2 aromatic carbocycles. The zero-order chi connectivity index (χ0) is 35.7. The number of hydrogen-bond donors (Lipinski definition) is 6. The van der Waals surface area contributed by atoms with Gasteiger partial charge in [0.25, 0.3) is 5.56 Å². The first-order valence-corrected chi connectivity index (χ1v) is 16.2. The molecule has 4 rings (SSSR count). The van der Waals surface area contributed by atoms with Gasteiger partial charge < -0.3 is 59.1 Å². The van der Waals surface area contributed by atoms with Crippen LogP contribution in [0.25, 0.3) is 17.0 Å². The number of benzene rings is 2. The van der Waals surface area contributed by atoms with Crippen molar-refractivity contribution in [2.75, 3.05) is 32.8 Å². The maximum atomic E-state index is 13.0. The number of aromatic nitrogens is 1. The van der Waals surface area contributed by atoms with Crippen molar-refractivity contribution in [3.05, 3.63) is 52.3 Å². The molecular weight excluding hydrogens is 640 g/mol. The van der Waals surface area contributed by atoms with E-state index in [1.54, 1.807) is 25.2 Å². The van der Waals surface area contributed by atoms with Crippen LogP contribution in [0.5, 0.6) is 28.7 Å². The van der Waals surface area contributed by atoms with E-state index in [-0.39, 0.29) is 28.7 Å². The van der Waals surface area contributed by atoms with Crippen molar-refractivity contribution in [2.45, 2.75) is 76.2 Å². The molecule has 0 saturated carbocycles. The highest BCUT2D eigenvalue weighted by atomic mass is 16.7. The Bertz CT molecular complexity index is 1650. The Balaban J connectivity index is 1.46. The Morgan fingerprint density at radius 2 is 1.63 bits per heavy atom. The molecule has 0 unspecified atom stereocenters. The van der Waals surface area contributed by atoms with Crippen molar-refractivity contribution in [1.82, 2.24) is 4.57 Å². The molecule has 14 nitrogen and oxygen atoms in total. The van der Waals surface area contributed by atoms with Crippen molar-refractivity contribution in [2.24, 2.45) is 7.05 Å². The molecule has 1 aliphatic rings. The van der Waals surface area contributed by atoms with Gasteiger partial charge in [-0.2, -0.15) is 0 Å². The van der Waals surface area contributed by atoms with Crippen LogP contribution in [-0.2, 0) is 16.6 Å². The number of methoxy groups -OCH3 is 2. The number of rotatable bonds is 16. The van der Waals surface area contributed by atoms with Crippen LogP contribution in [-0.4, -0.2) is 94.1 Å². The number of ether oxygens (including phenoxy) is 5. The highest BCUT2D eigenvalue weighted by Crippen LogP contribution is 2.41. The number of carbonyl (C=O) groups excluding carboxylic acids is 1. The fraction of sp³-hybridized carbons (Fsp3) is 0.486. The molecule has 1 amide bonds. The third-order valence-electron chi connectivity index (χ3n) is 8.33. The lowest BCUT2D eigenvalue weighted by atomic mass is 9.99. The molecule has 14 heteroatoms. The Morgan fingerprint density at radius 1 is 0.959 bits per heavy atom. The smallest absolute Gasteiger partial charge is 0.297 e. The number of aliphatic hydroxyl groups is 4. The Morgan fingerprint density at radius 3 is 2.29 bits per heavy atom. The predicted octanol–water partition coefficient (Wildman–Crippen LogP) is 2.83. The fourth-order valence-electron chi connectivity index (χ4n) is 5.51. The first-order chi connectivity index (χ1) is 23.5. The van der Waals surface area contributed by atoms with Gasteiger partial charge in [0.1, 0.15) is 24.4 Å². The predicted molar refractivity (Wildman–Crippen MR) is 181 cm³/mol. The number of aromatic hydroxyl groups is 1. The normalized spacial score (nSPS) is 20.8. The van der Waals surface area contributed by atoms with E-state index in [9.17, 15) is 35.1 Å². The summed E-state index contributed by atoms with van der Waals surface area (Å²) in [7, 11) is 4.30. The minimum absolute atomic E-state index is 0.0110. The Hall–Kier alpha value is -4.34. The summed E-state index contributed by atoms with van der Waals surface area (Å²) in [5.41, 5.74) is 0.780.